The standard InChI is InChI=1S/C21H26N6O2.HI/c1-16-3-5-17(6-4-16)19-13-23-20(29-19)14-24-21(22-2)27-10-8-26(9-11-27)15-18-7-12-28-25-18;/h3-7,12-13H,8-11,14-15H2,1-2H3,(H,22,24);1H. The molecular formula is C21H27IN6O2. The van der Waals surface area contributed by atoms with Gasteiger partial charge in [0.2, 0.25) is 5.89 Å². The zero-order chi connectivity index (χ0) is 20.1. The number of oxazole rings is 1. The van der Waals surface area contributed by atoms with Crippen LogP contribution in [-0.4, -0.2) is 59.1 Å². The zero-order valence-corrected chi connectivity index (χ0v) is 19.6. The van der Waals surface area contributed by atoms with Crippen molar-refractivity contribution in [1.82, 2.24) is 25.3 Å². The molecule has 1 aromatic carbocycles. The van der Waals surface area contributed by atoms with E-state index in [-0.39, 0.29) is 24.0 Å². The lowest BCUT2D eigenvalue weighted by Crippen LogP contribution is -2.52. The molecule has 9 heteroatoms. The highest BCUT2D eigenvalue weighted by molar-refractivity contribution is 14.0. The first-order valence-corrected chi connectivity index (χ1v) is 9.80. The van der Waals surface area contributed by atoms with E-state index in [0.717, 1.165) is 55.7 Å². The van der Waals surface area contributed by atoms with Gasteiger partial charge in [-0.2, -0.15) is 0 Å². The number of guanidine groups is 1. The van der Waals surface area contributed by atoms with E-state index >= 15 is 0 Å². The topological polar surface area (TPSA) is 82.9 Å². The smallest absolute Gasteiger partial charge is 0.214 e. The second-order valence-electron chi connectivity index (χ2n) is 7.14. The molecule has 1 N–H and O–H groups in total. The third-order valence-electron chi connectivity index (χ3n) is 5.05. The first-order valence-electron chi connectivity index (χ1n) is 9.80. The molecule has 30 heavy (non-hydrogen) atoms. The van der Waals surface area contributed by atoms with Crippen molar-refractivity contribution >= 4 is 29.9 Å². The number of rotatable bonds is 5. The Balaban J connectivity index is 0.00000256. The Hall–Kier alpha value is -2.40. The van der Waals surface area contributed by atoms with Crippen LogP contribution in [0.25, 0.3) is 11.3 Å². The van der Waals surface area contributed by atoms with E-state index in [1.54, 1.807) is 19.5 Å². The molecule has 0 atom stereocenters. The number of aliphatic imine (C=N–C) groups is 1. The van der Waals surface area contributed by atoms with Crippen LogP contribution in [0.3, 0.4) is 0 Å². The number of nitrogens with one attached hydrogen (secondary N) is 1. The summed E-state index contributed by atoms with van der Waals surface area (Å²) in [5.74, 6) is 2.28. The maximum absolute atomic E-state index is 5.90. The summed E-state index contributed by atoms with van der Waals surface area (Å²) in [5, 5.41) is 7.35. The molecule has 1 saturated heterocycles. The summed E-state index contributed by atoms with van der Waals surface area (Å²) in [6, 6.07) is 10.1. The van der Waals surface area contributed by atoms with Crippen molar-refractivity contribution in [2.45, 2.75) is 20.0 Å². The van der Waals surface area contributed by atoms with E-state index in [0.29, 0.717) is 12.4 Å². The molecule has 2 aromatic heterocycles. The number of hydrogen-bond donors (Lipinski definition) is 1. The van der Waals surface area contributed by atoms with Crippen LogP contribution in [0.2, 0.25) is 0 Å². The van der Waals surface area contributed by atoms with E-state index < -0.39 is 0 Å². The first kappa shape index (κ1) is 22.3. The summed E-state index contributed by atoms with van der Waals surface area (Å²) < 4.78 is 10.8. The number of benzene rings is 1. The minimum Gasteiger partial charge on any atom is -0.439 e. The molecule has 3 heterocycles. The molecule has 4 rings (SSSR count). The largest absolute Gasteiger partial charge is 0.439 e. The average molecular weight is 522 g/mol. The van der Waals surface area contributed by atoms with Crippen LogP contribution >= 0.6 is 24.0 Å². The summed E-state index contributed by atoms with van der Waals surface area (Å²) in [7, 11) is 1.80. The molecule has 0 amide bonds. The Bertz CT molecular complexity index is 931. The van der Waals surface area contributed by atoms with E-state index in [1.807, 2.05) is 18.2 Å². The van der Waals surface area contributed by atoms with E-state index in [1.165, 1.54) is 5.56 Å². The van der Waals surface area contributed by atoms with Crippen LogP contribution in [-0.2, 0) is 13.1 Å². The SMILES string of the molecule is CN=C(NCc1ncc(-c2ccc(C)cc2)o1)N1CCN(Cc2ccon2)CC1.I. The Morgan fingerprint density at radius 2 is 1.90 bits per heavy atom. The Kier molecular flexibility index (Phi) is 7.86. The minimum absolute atomic E-state index is 0. The summed E-state index contributed by atoms with van der Waals surface area (Å²) in [4.78, 5) is 13.4. The molecule has 160 valence electrons. The molecule has 0 saturated carbocycles. The summed E-state index contributed by atoms with van der Waals surface area (Å²) >= 11 is 0. The van der Waals surface area contributed by atoms with Crippen molar-refractivity contribution in [3.63, 3.8) is 0 Å². The van der Waals surface area contributed by atoms with Crippen molar-refractivity contribution < 1.29 is 8.94 Å². The predicted octanol–water partition coefficient (Wildman–Crippen LogP) is 3.15. The maximum Gasteiger partial charge on any atom is 0.214 e. The normalized spacial score (nSPS) is 15.1. The molecular weight excluding hydrogens is 495 g/mol. The number of nitrogens with zero attached hydrogens (tertiary/aromatic N) is 5. The van der Waals surface area contributed by atoms with E-state index in [4.69, 9.17) is 8.94 Å². The average Bonchev–Trinajstić information content (AvgIpc) is 3.42. The van der Waals surface area contributed by atoms with Gasteiger partial charge in [0.05, 0.1) is 18.4 Å². The second kappa shape index (κ2) is 10.6. The Morgan fingerprint density at radius 3 is 2.57 bits per heavy atom. The number of hydrogen-bond acceptors (Lipinski definition) is 6. The number of aromatic nitrogens is 2. The van der Waals surface area contributed by atoms with Crippen LogP contribution in [0, 0.1) is 6.92 Å². The van der Waals surface area contributed by atoms with Gasteiger partial charge >= 0.3 is 0 Å². The second-order valence-corrected chi connectivity index (χ2v) is 7.14. The van der Waals surface area contributed by atoms with E-state index in [2.05, 4.69) is 49.3 Å². The molecule has 0 bridgehead atoms. The summed E-state index contributed by atoms with van der Waals surface area (Å²) in [6.07, 6.45) is 3.39. The lowest BCUT2D eigenvalue weighted by Gasteiger charge is -2.36. The van der Waals surface area contributed by atoms with Gasteiger partial charge in [-0.3, -0.25) is 9.89 Å². The lowest BCUT2D eigenvalue weighted by atomic mass is 10.1. The van der Waals surface area contributed by atoms with Crippen molar-refractivity contribution in [2.75, 3.05) is 33.2 Å². The Labute approximate surface area is 193 Å². The fourth-order valence-electron chi connectivity index (χ4n) is 3.40. The highest BCUT2D eigenvalue weighted by Crippen LogP contribution is 2.20. The zero-order valence-electron chi connectivity index (χ0n) is 17.2. The fourth-order valence-corrected chi connectivity index (χ4v) is 3.40. The molecule has 3 aromatic rings. The van der Waals surface area contributed by atoms with Gasteiger partial charge < -0.3 is 19.2 Å². The Morgan fingerprint density at radius 1 is 1.13 bits per heavy atom. The van der Waals surface area contributed by atoms with E-state index in [9.17, 15) is 0 Å². The molecule has 1 aliphatic heterocycles. The van der Waals surface area contributed by atoms with Crippen LogP contribution in [0.5, 0.6) is 0 Å². The van der Waals surface area contributed by atoms with Gasteiger partial charge in [-0.1, -0.05) is 35.0 Å². The third kappa shape index (κ3) is 5.60. The van der Waals surface area contributed by atoms with Crippen LogP contribution in [0.1, 0.15) is 17.1 Å². The van der Waals surface area contributed by atoms with Crippen LogP contribution in [0.4, 0.5) is 0 Å². The van der Waals surface area contributed by atoms with Crippen LogP contribution in [0.15, 0.2) is 56.7 Å². The highest BCUT2D eigenvalue weighted by atomic mass is 127. The number of halogens is 1. The fraction of sp³-hybridized carbons (Fsp3) is 0.381. The van der Waals surface area contributed by atoms with Crippen molar-refractivity contribution in [1.29, 1.82) is 0 Å². The number of aryl methyl sites for hydroxylation is 1. The monoisotopic (exact) mass is 522 g/mol. The van der Waals surface area contributed by atoms with Gasteiger partial charge in [0.1, 0.15) is 6.26 Å². The third-order valence-corrected chi connectivity index (χ3v) is 5.05. The molecule has 0 spiro atoms. The van der Waals surface area contributed by atoms with Gasteiger partial charge in [-0.05, 0) is 6.92 Å². The van der Waals surface area contributed by atoms with Crippen molar-refractivity contribution in [3.8, 4) is 11.3 Å². The molecule has 1 aliphatic rings. The highest BCUT2D eigenvalue weighted by Gasteiger charge is 2.20. The molecule has 8 nitrogen and oxygen atoms in total. The quantitative estimate of drug-likeness (QED) is 0.313. The molecule has 0 radical (unpaired) electrons. The predicted molar refractivity (Wildman–Crippen MR) is 126 cm³/mol. The van der Waals surface area contributed by atoms with Crippen molar-refractivity contribution in [3.05, 3.63) is 59.9 Å². The van der Waals surface area contributed by atoms with Crippen molar-refractivity contribution in [2.24, 2.45) is 4.99 Å². The molecule has 0 aliphatic carbocycles. The lowest BCUT2D eigenvalue weighted by molar-refractivity contribution is 0.169. The molecule has 1 fully saturated rings. The number of piperazine rings is 1. The summed E-state index contributed by atoms with van der Waals surface area (Å²) in [5.41, 5.74) is 3.22. The van der Waals surface area contributed by atoms with Gasteiger partial charge in [0.15, 0.2) is 11.7 Å². The minimum atomic E-state index is 0. The maximum atomic E-state index is 5.90. The van der Waals surface area contributed by atoms with Gasteiger partial charge in [0, 0.05) is 51.4 Å². The first-order chi connectivity index (χ1) is 14.2. The van der Waals surface area contributed by atoms with Gasteiger partial charge in [-0.25, -0.2) is 4.98 Å². The van der Waals surface area contributed by atoms with Gasteiger partial charge in [-0.15, -0.1) is 24.0 Å². The molecule has 0 unspecified atom stereocenters. The summed E-state index contributed by atoms with van der Waals surface area (Å²) in [6.45, 7) is 7.08. The van der Waals surface area contributed by atoms with Crippen LogP contribution < -0.4 is 5.32 Å². The van der Waals surface area contributed by atoms with Gasteiger partial charge in [0.25, 0.3) is 0 Å².